The highest BCUT2D eigenvalue weighted by molar-refractivity contribution is 7.98. The topological polar surface area (TPSA) is 102 Å². The van der Waals surface area contributed by atoms with Crippen LogP contribution in [0.3, 0.4) is 0 Å². The van der Waals surface area contributed by atoms with Crippen LogP contribution >= 0.6 is 11.8 Å². The van der Waals surface area contributed by atoms with Gasteiger partial charge in [-0.3, -0.25) is 9.00 Å². The summed E-state index contributed by atoms with van der Waals surface area (Å²) < 4.78 is 23.0. The third-order valence-corrected chi connectivity index (χ3v) is 7.69. The maximum Gasteiger partial charge on any atom is 0.326 e. The van der Waals surface area contributed by atoms with Gasteiger partial charge in [0.1, 0.15) is 6.04 Å². The van der Waals surface area contributed by atoms with Crippen molar-refractivity contribution in [2.24, 2.45) is 0 Å². The second-order valence-corrected chi connectivity index (χ2v) is 11.0. The van der Waals surface area contributed by atoms with Crippen LogP contribution in [0.15, 0.2) is 18.2 Å². The number of carbonyl (C=O) groups excluding carboxylic acids is 1. The molecule has 1 aliphatic rings. The van der Waals surface area contributed by atoms with E-state index in [4.69, 9.17) is 14.6 Å². The molecule has 3 atom stereocenters. The third-order valence-electron chi connectivity index (χ3n) is 5.29. The van der Waals surface area contributed by atoms with Crippen molar-refractivity contribution in [1.82, 2.24) is 5.32 Å². The summed E-state index contributed by atoms with van der Waals surface area (Å²) in [4.78, 5) is 20.3. The molecule has 1 aromatic rings. The fraction of sp³-hybridized carbons (Fsp3) is 0.667. The fourth-order valence-corrected chi connectivity index (χ4v) is 5.06. The highest BCUT2D eigenvalue weighted by Crippen LogP contribution is 2.33. The van der Waals surface area contributed by atoms with E-state index in [0.29, 0.717) is 19.6 Å². The zero-order chi connectivity index (χ0) is 24.5. The van der Waals surface area contributed by atoms with Crippen LogP contribution in [-0.4, -0.2) is 57.5 Å². The van der Waals surface area contributed by atoms with E-state index in [-0.39, 0.29) is 5.25 Å². The number of fused-ring (bicyclic) bond motifs is 1. The van der Waals surface area contributed by atoms with Gasteiger partial charge in [0.2, 0.25) is 13.2 Å². The first-order chi connectivity index (χ1) is 15.9. The van der Waals surface area contributed by atoms with Crippen molar-refractivity contribution < 1.29 is 28.4 Å². The first-order valence-electron chi connectivity index (χ1n) is 11.6. The van der Waals surface area contributed by atoms with Crippen molar-refractivity contribution >= 4 is 34.9 Å². The molecule has 0 spiro atoms. The Labute approximate surface area is 204 Å². The van der Waals surface area contributed by atoms with E-state index in [2.05, 4.69) is 19.2 Å². The molecule has 2 unspecified atom stereocenters. The molecule has 0 fully saturated rings. The lowest BCUT2D eigenvalue weighted by Gasteiger charge is -2.12. The van der Waals surface area contributed by atoms with Crippen molar-refractivity contribution in [3.63, 3.8) is 0 Å². The van der Waals surface area contributed by atoms with Gasteiger partial charge in [0.25, 0.3) is 0 Å². The lowest BCUT2D eigenvalue weighted by atomic mass is 10.1. The van der Waals surface area contributed by atoms with Gasteiger partial charge in [-0.2, -0.15) is 11.8 Å². The van der Waals surface area contributed by atoms with Gasteiger partial charge in [-0.25, -0.2) is 4.79 Å². The maximum atomic E-state index is 12.3. The lowest BCUT2D eigenvalue weighted by Crippen LogP contribution is -2.36. The number of amides is 1. The second kappa shape index (κ2) is 17.7. The first kappa shape index (κ1) is 29.3. The zero-order valence-corrected chi connectivity index (χ0v) is 21.7. The molecule has 0 saturated heterocycles. The molecular weight excluding hydrogens is 462 g/mol. The summed E-state index contributed by atoms with van der Waals surface area (Å²) in [6, 6.07) is 5.27. The molecule has 1 heterocycles. The van der Waals surface area contributed by atoms with E-state index < -0.39 is 22.8 Å². The number of hydrogen-bond donors (Lipinski definition) is 2. The Morgan fingerprint density at radius 2 is 1.91 bits per heavy atom. The summed E-state index contributed by atoms with van der Waals surface area (Å²) >= 11 is 1.55. The van der Waals surface area contributed by atoms with Crippen molar-refractivity contribution in [3.05, 3.63) is 23.8 Å². The lowest BCUT2D eigenvalue weighted by molar-refractivity contribution is -0.140. The van der Waals surface area contributed by atoms with Crippen molar-refractivity contribution in [2.45, 2.75) is 76.5 Å². The third kappa shape index (κ3) is 12.3. The summed E-state index contributed by atoms with van der Waals surface area (Å²) in [5, 5.41) is 10.9. The molecule has 0 bridgehead atoms. The predicted octanol–water partition coefficient (Wildman–Crippen LogP) is 4.39. The molecule has 0 radical (unpaired) electrons. The first-order valence-corrected chi connectivity index (χ1v) is 14.4. The van der Waals surface area contributed by atoms with E-state index in [1.54, 1.807) is 11.8 Å². The molecule has 0 saturated carbocycles. The van der Waals surface area contributed by atoms with Gasteiger partial charge in [0, 0.05) is 21.8 Å². The van der Waals surface area contributed by atoms with Crippen molar-refractivity contribution in [3.8, 4) is 11.5 Å². The van der Waals surface area contributed by atoms with E-state index in [9.17, 15) is 13.8 Å². The molecule has 0 aliphatic carbocycles. The molecule has 188 valence electrons. The molecule has 9 heteroatoms. The summed E-state index contributed by atoms with van der Waals surface area (Å²) in [6.07, 6.45) is 11.1. The molecule has 2 rings (SSSR count). The highest BCUT2D eigenvalue weighted by Gasteiger charge is 2.17. The van der Waals surface area contributed by atoms with Crippen LogP contribution in [0.25, 0.3) is 0 Å². The number of rotatable bonds is 16. The van der Waals surface area contributed by atoms with Crippen LogP contribution < -0.4 is 14.8 Å². The monoisotopic (exact) mass is 501 g/mol. The van der Waals surface area contributed by atoms with Crippen LogP contribution in [-0.2, 0) is 26.8 Å². The minimum atomic E-state index is -0.980. The number of carboxylic acids is 1. The van der Waals surface area contributed by atoms with E-state index in [1.165, 1.54) is 37.7 Å². The number of unbranched alkanes of at least 4 members (excludes halogenated alkanes) is 5. The van der Waals surface area contributed by atoms with Gasteiger partial charge in [0.15, 0.2) is 11.5 Å². The molecule has 0 aromatic heterocycles. The molecule has 1 amide bonds. The summed E-state index contributed by atoms with van der Waals surface area (Å²) in [5.74, 6) is 2.21. The highest BCUT2D eigenvalue weighted by atomic mass is 32.2. The van der Waals surface area contributed by atoms with Gasteiger partial charge in [-0.15, -0.1) is 0 Å². The Bertz CT molecular complexity index is 731. The van der Waals surface area contributed by atoms with Crippen molar-refractivity contribution in [2.75, 3.05) is 24.6 Å². The average molecular weight is 502 g/mol. The van der Waals surface area contributed by atoms with Gasteiger partial charge in [0.05, 0.1) is 0 Å². The fourth-order valence-electron chi connectivity index (χ4n) is 3.31. The van der Waals surface area contributed by atoms with Crippen LogP contribution in [0.2, 0.25) is 0 Å². The Hall–Kier alpha value is -1.74. The number of aliphatic carboxylic acids is 1. The van der Waals surface area contributed by atoms with Gasteiger partial charge < -0.3 is 19.9 Å². The van der Waals surface area contributed by atoms with Crippen LogP contribution in [0.1, 0.15) is 64.4 Å². The number of nitrogens with one attached hydrogen (secondary N) is 1. The van der Waals surface area contributed by atoms with Crippen molar-refractivity contribution in [1.29, 1.82) is 0 Å². The van der Waals surface area contributed by atoms with Crippen LogP contribution in [0, 0.1) is 0 Å². The summed E-state index contributed by atoms with van der Waals surface area (Å²) in [6.45, 7) is 4.61. The van der Waals surface area contributed by atoms with Crippen LogP contribution in [0.4, 0.5) is 0 Å². The number of thioether (sulfide) groups is 1. The van der Waals surface area contributed by atoms with E-state index in [0.717, 1.165) is 35.8 Å². The molecule has 33 heavy (non-hydrogen) atoms. The molecule has 7 nitrogen and oxygen atoms in total. The standard InChI is InChI=1S/C18H28O3S.C6H11NO3S/c1-3-4-5-6-7-8-11-22(19)15(2)12-16-9-10-17-18(13-16)21-14-20-17;1-11-3-2-5(6(9)10)7-4-8/h9-10,13,15H,3-8,11-12,14H2,1-2H3;4-5H,2-3H2,1H3,(H,7,8)(H,9,10)/t;5-/m.1/s1. The average Bonchev–Trinajstić information content (AvgIpc) is 3.27. The Kier molecular flexibility index (Phi) is 15.7. The Balaban J connectivity index is 0.000000420. The van der Waals surface area contributed by atoms with Gasteiger partial charge in [-0.05, 0) is 49.0 Å². The molecule has 2 N–H and O–H groups in total. The molecule has 1 aromatic carbocycles. The number of ether oxygens (including phenoxy) is 2. The minimum absolute atomic E-state index is 0.191. The number of benzene rings is 1. The SMILES string of the molecule is CCCCCCCCS(=O)C(C)Cc1ccc2c(c1)OCO2.CSCC[C@@H](NC=O)C(=O)O. The second-order valence-electron chi connectivity index (χ2n) is 8.01. The smallest absolute Gasteiger partial charge is 0.326 e. The normalized spacial score (nSPS) is 14.5. The minimum Gasteiger partial charge on any atom is -0.480 e. The van der Waals surface area contributed by atoms with Gasteiger partial charge >= 0.3 is 5.97 Å². The Morgan fingerprint density at radius 1 is 1.21 bits per heavy atom. The molecular formula is C24H39NO6S2. The predicted molar refractivity (Wildman–Crippen MR) is 136 cm³/mol. The Morgan fingerprint density at radius 3 is 2.58 bits per heavy atom. The summed E-state index contributed by atoms with van der Waals surface area (Å²) in [5.41, 5.74) is 1.17. The summed E-state index contributed by atoms with van der Waals surface area (Å²) in [7, 11) is -0.743. The number of carbonyl (C=O) groups is 2. The van der Waals surface area contributed by atoms with E-state index in [1.807, 2.05) is 24.5 Å². The quantitative estimate of drug-likeness (QED) is 0.256. The largest absolute Gasteiger partial charge is 0.480 e. The van der Waals surface area contributed by atoms with E-state index >= 15 is 0 Å². The number of hydrogen-bond acceptors (Lipinski definition) is 6. The zero-order valence-electron chi connectivity index (χ0n) is 20.0. The van der Waals surface area contributed by atoms with Crippen LogP contribution in [0.5, 0.6) is 11.5 Å². The molecule has 1 aliphatic heterocycles. The maximum absolute atomic E-state index is 12.3. The number of carboxylic acid groups (broad SMARTS) is 1. The van der Waals surface area contributed by atoms with Gasteiger partial charge in [-0.1, -0.05) is 52.0 Å².